The molecule has 1 aliphatic rings. The monoisotopic (exact) mass is 275 g/mol. The Morgan fingerprint density at radius 3 is 2.55 bits per heavy atom. The number of nitrogens with zero attached hydrogens (tertiary/aromatic N) is 1. The summed E-state index contributed by atoms with van der Waals surface area (Å²) < 4.78 is 0. The third kappa shape index (κ3) is 3.31. The first-order valence-electron chi connectivity index (χ1n) is 7.31. The molecule has 0 atom stereocenters. The summed E-state index contributed by atoms with van der Waals surface area (Å²) >= 11 is 0. The summed E-state index contributed by atoms with van der Waals surface area (Å²) in [7, 11) is 4.21. The van der Waals surface area contributed by atoms with Crippen LogP contribution in [0.15, 0.2) is 24.3 Å². The lowest BCUT2D eigenvalue weighted by Gasteiger charge is -2.36. The van der Waals surface area contributed by atoms with Gasteiger partial charge in [-0.25, -0.2) is 0 Å². The largest absolute Gasteiger partial charge is 0.398 e. The van der Waals surface area contributed by atoms with E-state index >= 15 is 0 Å². The zero-order valence-electron chi connectivity index (χ0n) is 12.5. The molecule has 1 saturated carbocycles. The number of likely N-dealkylation sites (N-methyl/N-ethyl adjacent to an activating group) is 1. The van der Waals surface area contributed by atoms with Crippen LogP contribution < -0.4 is 11.1 Å². The highest BCUT2D eigenvalue weighted by atomic mass is 16.1. The number of nitrogens with one attached hydrogen (secondary N) is 1. The predicted octanol–water partition coefficient (Wildman–Crippen LogP) is 1.80. The second-order valence-corrected chi connectivity index (χ2v) is 5.98. The Kier molecular flexibility index (Phi) is 4.65. The lowest BCUT2D eigenvalue weighted by Crippen LogP contribution is -2.51. The van der Waals surface area contributed by atoms with Crippen LogP contribution in [-0.4, -0.2) is 37.0 Å². The summed E-state index contributed by atoms with van der Waals surface area (Å²) in [6.45, 7) is 0.728. The number of benzene rings is 1. The van der Waals surface area contributed by atoms with Crippen molar-refractivity contribution in [1.29, 1.82) is 0 Å². The molecule has 0 heterocycles. The van der Waals surface area contributed by atoms with Crippen molar-refractivity contribution >= 4 is 11.6 Å². The van der Waals surface area contributed by atoms with Crippen LogP contribution >= 0.6 is 0 Å². The van der Waals surface area contributed by atoms with Gasteiger partial charge in [0.2, 0.25) is 5.91 Å². The summed E-state index contributed by atoms with van der Waals surface area (Å²) in [6.07, 6.45) is 5.18. The van der Waals surface area contributed by atoms with Crippen LogP contribution in [0.2, 0.25) is 0 Å². The Hall–Kier alpha value is -1.55. The van der Waals surface area contributed by atoms with E-state index in [4.69, 9.17) is 5.73 Å². The van der Waals surface area contributed by atoms with E-state index in [1.165, 1.54) is 12.8 Å². The van der Waals surface area contributed by atoms with Crippen LogP contribution in [0, 0.1) is 0 Å². The quantitative estimate of drug-likeness (QED) is 0.806. The van der Waals surface area contributed by atoms with E-state index in [-0.39, 0.29) is 11.4 Å². The van der Waals surface area contributed by atoms with Crippen molar-refractivity contribution in [2.75, 3.05) is 26.4 Å². The van der Waals surface area contributed by atoms with E-state index in [9.17, 15) is 4.79 Å². The number of rotatable bonds is 5. The SMILES string of the molecule is CN(C)C1(CNC(=O)Cc2ccccc2N)CCCC1. The molecule has 4 heteroatoms. The number of anilines is 1. The third-order valence-corrected chi connectivity index (χ3v) is 4.50. The van der Waals surface area contributed by atoms with Gasteiger partial charge in [-0.3, -0.25) is 4.79 Å². The van der Waals surface area contributed by atoms with Gasteiger partial charge in [0.25, 0.3) is 0 Å². The van der Waals surface area contributed by atoms with Gasteiger partial charge in [-0.1, -0.05) is 31.0 Å². The van der Waals surface area contributed by atoms with Gasteiger partial charge >= 0.3 is 0 Å². The molecule has 1 aromatic carbocycles. The van der Waals surface area contributed by atoms with Gasteiger partial charge in [-0.05, 0) is 38.6 Å². The fraction of sp³-hybridized carbons (Fsp3) is 0.562. The van der Waals surface area contributed by atoms with Crippen LogP contribution in [0.25, 0.3) is 0 Å². The third-order valence-electron chi connectivity index (χ3n) is 4.50. The molecule has 1 fully saturated rings. The van der Waals surface area contributed by atoms with E-state index in [0.29, 0.717) is 12.1 Å². The minimum atomic E-state index is 0.0519. The summed E-state index contributed by atoms with van der Waals surface area (Å²) in [6, 6.07) is 7.54. The second-order valence-electron chi connectivity index (χ2n) is 5.98. The normalized spacial score (nSPS) is 17.4. The van der Waals surface area contributed by atoms with Gasteiger partial charge in [-0.2, -0.15) is 0 Å². The Bertz CT molecular complexity index is 465. The summed E-state index contributed by atoms with van der Waals surface area (Å²) in [5, 5.41) is 3.09. The molecule has 0 saturated heterocycles. The number of nitrogens with two attached hydrogens (primary N) is 1. The average molecular weight is 275 g/mol. The van der Waals surface area contributed by atoms with Crippen LogP contribution in [0.1, 0.15) is 31.2 Å². The van der Waals surface area contributed by atoms with Gasteiger partial charge in [0, 0.05) is 17.8 Å². The van der Waals surface area contributed by atoms with Crippen LogP contribution in [0.4, 0.5) is 5.69 Å². The molecule has 0 aromatic heterocycles. The highest BCUT2D eigenvalue weighted by molar-refractivity contribution is 5.80. The fourth-order valence-electron chi connectivity index (χ4n) is 3.01. The van der Waals surface area contributed by atoms with E-state index in [1.807, 2.05) is 24.3 Å². The molecule has 3 N–H and O–H groups in total. The Labute approximate surface area is 121 Å². The number of carbonyl (C=O) groups is 1. The highest BCUT2D eigenvalue weighted by Crippen LogP contribution is 2.33. The first-order valence-corrected chi connectivity index (χ1v) is 7.31. The Morgan fingerprint density at radius 2 is 1.95 bits per heavy atom. The average Bonchev–Trinajstić information content (AvgIpc) is 2.89. The molecule has 1 aromatic rings. The van der Waals surface area contributed by atoms with Crippen LogP contribution in [0.5, 0.6) is 0 Å². The van der Waals surface area contributed by atoms with E-state index in [2.05, 4.69) is 24.3 Å². The summed E-state index contributed by atoms with van der Waals surface area (Å²) in [5.41, 5.74) is 7.59. The van der Waals surface area contributed by atoms with E-state index in [0.717, 1.165) is 24.9 Å². The lowest BCUT2D eigenvalue weighted by atomic mass is 9.96. The molecular weight excluding hydrogens is 250 g/mol. The molecule has 0 radical (unpaired) electrons. The molecule has 0 bridgehead atoms. The number of hydrogen-bond donors (Lipinski definition) is 2. The van der Waals surface area contributed by atoms with Crippen LogP contribution in [-0.2, 0) is 11.2 Å². The van der Waals surface area contributed by atoms with Gasteiger partial charge in [-0.15, -0.1) is 0 Å². The molecule has 0 spiro atoms. The number of amides is 1. The highest BCUT2D eigenvalue weighted by Gasteiger charge is 2.36. The smallest absolute Gasteiger partial charge is 0.224 e. The van der Waals surface area contributed by atoms with Crippen molar-refractivity contribution < 1.29 is 4.79 Å². The minimum absolute atomic E-state index is 0.0519. The number of hydrogen-bond acceptors (Lipinski definition) is 3. The fourth-order valence-corrected chi connectivity index (χ4v) is 3.01. The number of para-hydroxylation sites is 1. The van der Waals surface area contributed by atoms with Crippen molar-refractivity contribution in [3.05, 3.63) is 29.8 Å². The first kappa shape index (κ1) is 14.9. The Balaban J connectivity index is 1.90. The summed E-state index contributed by atoms with van der Waals surface area (Å²) in [4.78, 5) is 14.4. The van der Waals surface area contributed by atoms with Gasteiger partial charge < -0.3 is 16.0 Å². The molecule has 1 amide bonds. The zero-order chi connectivity index (χ0) is 14.6. The molecule has 2 rings (SSSR count). The van der Waals surface area contributed by atoms with Crippen molar-refractivity contribution in [3.63, 3.8) is 0 Å². The van der Waals surface area contributed by atoms with Crippen molar-refractivity contribution in [2.45, 2.75) is 37.6 Å². The maximum Gasteiger partial charge on any atom is 0.224 e. The standard InChI is InChI=1S/C16H25N3O/c1-19(2)16(9-5-6-10-16)12-18-15(20)11-13-7-3-4-8-14(13)17/h3-4,7-8H,5-6,9-12,17H2,1-2H3,(H,18,20). The molecular formula is C16H25N3O. The van der Waals surface area contributed by atoms with Crippen molar-refractivity contribution in [3.8, 4) is 0 Å². The second kappa shape index (κ2) is 6.27. The first-order chi connectivity index (χ1) is 9.53. The number of nitrogen functional groups attached to an aromatic ring is 1. The molecule has 4 nitrogen and oxygen atoms in total. The maximum atomic E-state index is 12.1. The van der Waals surface area contributed by atoms with Crippen molar-refractivity contribution in [2.24, 2.45) is 0 Å². The molecule has 1 aliphatic carbocycles. The van der Waals surface area contributed by atoms with Gasteiger partial charge in [0.1, 0.15) is 0 Å². The molecule has 0 aliphatic heterocycles. The molecule has 0 unspecified atom stereocenters. The van der Waals surface area contributed by atoms with E-state index < -0.39 is 0 Å². The lowest BCUT2D eigenvalue weighted by molar-refractivity contribution is -0.121. The zero-order valence-corrected chi connectivity index (χ0v) is 12.5. The topological polar surface area (TPSA) is 58.4 Å². The minimum Gasteiger partial charge on any atom is -0.398 e. The van der Waals surface area contributed by atoms with E-state index in [1.54, 1.807) is 0 Å². The predicted molar refractivity (Wildman–Crippen MR) is 82.5 cm³/mol. The number of carbonyl (C=O) groups excluding carboxylic acids is 1. The van der Waals surface area contributed by atoms with Crippen LogP contribution in [0.3, 0.4) is 0 Å². The molecule has 110 valence electrons. The molecule has 20 heavy (non-hydrogen) atoms. The maximum absolute atomic E-state index is 12.1. The van der Waals surface area contributed by atoms with Gasteiger partial charge in [0.15, 0.2) is 0 Å². The van der Waals surface area contributed by atoms with Crippen molar-refractivity contribution in [1.82, 2.24) is 10.2 Å². The Morgan fingerprint density at radius 1 is 1.30 bits per heavy atom. The van der Waals surface area contributed by atoms with Gasteiger partial charge in [0.05, 0.1) is 6.42 Å². The summed E-state index contributed by atoms with van der Waals surface area (Å²) in [5.74, 6) is 0.0519.